The van der Waals surface area contributed by atoms with Crippen LogP contribution in [-0.4, -0.2) is 45.7 Å². The van der Waals surface area contributed by atoms with Crippen LogP contribution in [-0.2, 0) is 4.74 Å². The van der Waals surface area contributed by atoms with Crippen LogP contribution < -0.4 is 10.6 Å². The molecule has 1 unspecified atom stereocenters. The van der Waals surface area contributed by atoms with E-state index in [1.165, 1.54) is 0 Å². The summed E-state index contributed by atoms with van der Waals surface area (Å²) in [6.45, 7) is 4.29. The van der Waals surface area contributed by atoms with Gasteiger partial charge in [-0.1, -0.05) is 0 Å². The Hall–Kier alpha value is -1.89. The van der Waals surface area contributed by atoms with Gasteiger partial charge >= 0.3 is 0 Å². The number of nitrogen functional groups attached to an aromatic ring is 1. The van der Waals surface area contributed by atoms with Gasteiger partial charge in [0.1, 0.15) is 5.52 Å². The zero-order valence-electron chi connectivity index (χ0n) is 9.55. The first-order valence-corrected chi connectivity index (χ1v) is 5.56. The Morgan fingerprint density at radius 3 is 3.24 bits per heavy atom. The number of hydrogen-bond donors (Lipinski definition) is 2. The molecule has 3 rings (SSSR count). The lowest BCUT2D eigenvalue weighted by molar-refractivity contribution is 0.0987. The number of morpholine rings is 1. The fourth-order valence-corrected chi connectivity index (χ4v) is 2.08. The number of H-pyrrole nitrogens is 1. The first-order valence-electron chi connectivity index (χ1n) is 5.56. The second-order valence-electron chi connectivity index (χ2n) is 4.12. The van der Waals surface area contributed by atoms with Gasteiger partial charge in [-0.25, -0.2) is 4.98 Å². The number of aromatic nitrogens is 4. The minimum Gasteiger partial charge on any atom is -0.377 e. The van der Waals surface area contributed by atoms with Crippen molar-refractivity contribution >= 4 is 22.9 Å². The van der Waals surface area contributed by atoms with E-state index in [-0.39, 0.29) is 12.0 Å². The van der Waals surface area contributed by atoms with Crippen LogP contribution in [0.15, 0.2) is 6.33 Å². The van der Waals surface area contributed by atoms with Crippen LogP contribution in [0, 0.1) is 0 Å². The number of fused-ring (bicyclic) bond motifs is 1. The van der Waals surface area contributed by atoms with Crippen molar-refractivity contribution in [3.63, 3.8) is 0 Å². The van der Waals surface area contributed by atoms with Gasteiger partial charge in [0, 0.05) is 6.54 Å². The lowest BCUT2D eigenvalue weighted by Gasteiger charge is -2.34. The van der Waals surface area contributed by atoms with Gasteiger partial charge in [0.15, 0.2) is 11.5 Å². The number of ether oxygens (including phenoxy) is 1. The molecular formula is C10H14N6O. The van der Waals surface area contributed by atoms with Gasteiger partial charge in [-0.2, -0.15) is 9.97 Å². The number of nitrogens with zero attached hydrogens (tertiary/aromatic N) is 4. The van der Waals surface area contributed by atoms with Crippen LogP contribution >= 0.6 is 0 Å². The normalized spacial score (nSPS) is 21.0. The topological polar surface area (TPSA) is 92.9 Å². The summed E-state index contributed by atoms with van der Waals surface area (Å²) in [5.41, 5.74) is 7.13. The third-order valence-electron chi connectivity index (χ3n) is 2.92. The smallest absolute Gasteiger partial charge is 0.224 e. The van der Waals surface area contributed by atoms with Crippen molar-refractivity contribution in [3.05, 3.63) is 6.33 Å². The molecule has 0 aromatic carbocycles. The predicted molar refractivity (Wildman–Crippen MR) is 63.7 cm³/mol. The summed E-state index contributed by atoms with van der Waals surface area (Å²) in [7, 11) is 0. The maximum absolute atomic E-state index is 5.70. The van der Waals surface area contributed by atoms with Crippen molar-refractivity contribution < 1.29 is 4.74 Å². The van der Waals surface area contributed by atoms with E-state index in [0.29, 0.717) is 18.9 Å². The van der Waals surface area contributed by atoms with Crippen LogP contribution in [0.5, 0.6) is 0 Å². The average Bonchev–Trinajstić information content (AvgIpc) is 2.76. The molecule has 0 bridgehead atoms. The zero-order chi connectivity index (χ0) is 11.8. The predicted octanol–water partition coefficient (Wildman–Crippen LogP) is 0.160. The lowest BCUT2D eigenvalue weighted by atomic mass is 10.2. The van der Waals surface area contributed by atoms with Gasteiger partial charge in [-0.05, 0) is 6.92 Å². The zero-order valence-corrected chi connectivity index (χ0v) is 9.55. The first-order chi connectivity index (χ1) is 8.25. The van der Waals surface area contributed by atoms with Crippen LogP contribution in [0.1, 0.15) is 6.92 Å². The highest BCUT2D eigenvalue weighted by Crippen LogP contribution is 2.24. The molecule has 0 radical (unpaired) electrons. The van der Waals surface area contributed by atoms with Gasteiger partial charge in [-0.15, -0.1) is 0 Å². The molecule has 0 aliphatic carbocycles. The van der Waals surface area contributed by atoms with Crippen LogP contribution in [0.2, 0.25) is 0 Å². The second-order valence-corrected chi connectivity index (χ2v) is 4.12. The van der Waals surface area contributed by atoms with Crippen molar-refractivity contribution in [3.8, 4) is 0 Å². The molecule has 1 fully saturated rings. The Morgan fingerprint density at radius 1 is 1.53 bits per heavy atom. The van der Waals surface area contributed by atoms with E-state index in [2.05, 4.69) is 31.8 Å². The number of rotatable bonds is 1. The highest BCUT2D eigenvalue weighted by atomic mass is 16.5. The summed E-state index contributed by atoms with van der Waals surface area (Å²) >= 11 is 0. The Balaban J connectivity index is 2.11. The minimum atomic E-state index is 0.248. The third kappa shape index (κ3) is 1.68. The quantitative estimate of drug-likeness (QED) is 0.730. The molecule has 0 spiro atoms. The van der Waals surface area contributed by atoms with E-state index < -0.39 is 0 Å². The summed E-state index contributed by atoms with van der Waals surface area (Å²) < 4.78 is 5.42. The highest BCUT2D eigenvalue weighted by Gasteiger charge is 2.23. The van der Waals surface area contributed by atoms with Crippen LogP contribution in [0.3, 0.4) is 0 Å². The molecule has 7 nitrogen and oxygen atoms in total. The summed E-state index contributed by atoms with van der Waals surface area (Å²) in [4.78, 5) is 17.7. The fourth-order valence-electron chi connectivity index (χ4n) is 2.08. The Bertz CT molecular complexity index is 539. The SMILES string of the molecule is CC1COCCN1c1nc(N)nc2nc[nH]c12. The van der Waals surface area contributed by atoms with Crippen molar-refractivity contribution in [2.24, 2.45) is 0 Å². The molecule has 1 atom stereocenters. The van der Waals surface area contributed by atoms with E-state index >= 15 is 0 Å². The molecule has 1 aliphatic rings. The molecule has 2 aromatic rings. The fraction of sp³-hybridized carbons (Fsp3) is 0.500. The van der Waals surface area contributed by atoms with Crippen molar-refractivity contribution in [2.45, 2.75) is 13.0 Å². The standard InChI is InChI=1S/C10H14N6O/c1-6-4-17-3-2-16(6)9-7-8(13-5-12-7)14-10(11)15-9/h5-6H,2-4H2,1H3,(H3,11,12,13,14,15). The molecule has 7 heteroatoms. The molecule has 3 heterocycles. The van der Waals surface area contributed by atoms with Gasteiger partial charge in [-0.3, -0.25) is 0 Å². The van der Waals surface area contributed by atoms with Crippen molar-refractivity contribution in [1.82, 2.24) is 19.9 Å². The van der Waals surface area contributed by atoms with Gasteiger partial charge in [0.2, 0.25) is 5.95 Å². The maximum Gasteiger partial charge on any atom is 0.224 e. The second kappa shape index (κ2) is 3.85. The number of nitrogens with two attached hydrogens (primary N) is 1. The molecule has 1 saturated heterocycles. The van der Waals surface area contributed by atoms with Crippen molar-refractivity contribution in [2.75, 3.05) is 30.4 Å². The van der Waals surface area contributed by atoms with Crippen LogP contribution in [0.4, 0.5) is 11.8 Å². The molecule has 0 amide bonds. The largest absolute Gasteiger partial charge is 0.377 e. The number of aromatic amines is 1. The molecule has 2 aromatic heterocycles. The number of hydrogen-bond acceptors (Lipinski definition) is 6. The first kappa shape index (κ1) is 10.3. The molecule has 1 aliphatic heterocycles. The van der Waals surface area contributed by atoms with E-state index in [0.717, 1.165) is 17.9 Å². The summed E-state index contributed by atoms with van der Waals surface area (Å²) in [5, 5.41) is 0. The Kier molecular flexibility index (Phi) is 2.32. The van der Waals surface area contributed by atoms with Gasteiger partial charge in [0.25, 0.3) is 0 Å². The molecule has 3 N–H and O–H groups in total. The van der Waals surface area contributed by atoms with E-state index in [9.17, 15) is 0 Å². The monoisotopic (exact) mass is 234 g/mol. The van der Waals surface area contributed by atoms with Gasteiger partial charge < -0.3 is 20.4 Å². The summed E-state index contributed by atoms with van der Waals surface area (Å²) in [5.74, 6) is 1.05. The molecule has 17 heavy (non-hydrogen) atoms. The summed E-state index contributed by atoms with van der Waals surface area (Å²) in [6.07, 6.45) is 1.60. The maximum atomic E-state index is 5.70. The van der Waals surface area contributed by atoms with E-state index in [1.54, 1.807) is 6.33 Å². The number of nitrogens with one attached hydrogen (secondary N) is 1. The van der Waals surface area contributed by atoms with E-state index in [1.807, 2.05) is 0 Å². The Labute approximate surface area is 98.0 Å². The third-order valence-corrected chi connectivity index (χ3v) is 2.92. The van der Waals surface area contributed by atoms with Crippen molar-refractivity contribution in [1.29, 1.82) is 0 Å². The molecule has 90 valence electrons. The van der Waals surface area contributed by atoms with Crippen LogP contribution in [0.25, 0.3) is 11.2 Å². The van der Waals surface area contributed by atoms with E-state index in [4.69, 9.17) is 10.5 Å². The highest BCUT2D eigenvalue weighted by molar-refractivity contribution is 5.84. The summed E-state index contributed by atoms with van der Waals surface area (Å²) in [6, 6.07) is 0.268. The minimum absolute atomic E-state index is 0.248. The Morgan fingerprint density at radius 2 is 2.41 bits per heavy atom. The lowest BCUT2D eigenvalue weighted by Crippen LogP contribution is -2.44. The average molecular weight is 234 g/mol. The molecular weight excluding hydrogens is 220 g/mol. The number of imidazole rings is 1. The van der Waals surface area contributed by atoms with Gasteiger partial charge in [0.05, 0.1) is 25.6 Å². The molecule has 0 saturated carbocycles. The number of anilines is 2.